The van der Waals surface area contributed by atoms with Gasteiger partial charge in [-0.2, -0.15) is 5.26 Å². The Morgan fingerprint density at radius 3 is 2.57 bits per heavy atom. The van der Waals surface area contributed by atoms with Gasteiger partial charge in [0.1, 0.15) is 6.07 Å². The lowest BCUT2D eigenvalue weighted by atomic mass is 10.1. The summed E-state index contributed by atoms with van der Waals surface area (Å²) in [7, 11) is 1.93. The summed E-state index contributed by atoms with van der Waals surface area (Å²) < 4.78 is 2.96. The van der Waals surface area contributed by atoms with Crippen LogP contribution in [0.2, 0.25) is 0 Å². The largest absolute Gasteiger partial charge is 0.327 e. The number of nitrogens with zero attached hydrogens (tertiary/aromatic N) is 3. The van der Waals surface area contributed by atoms with Crippen LogP contribution >= 0.6 is 15.9 Å². The fourth-order valence-corrected chi connectivity index (χ4v) is 2.52. The highest BCUT2D eigenvalue weighted by Crippen LogP contribution is 2.22. The van der Waals surface area contributed by atoms with Gasteiger partial charge in [-0.05, 0) is 35.9 Å². The fourth-order valence-electron chi connectivity index (χ4n) is 2.26. The summed E-state index contributed by atoms with van der Waals surface area (Å²) in [5.74, 6) is 0.682. The molecule has 2 aromatic carbocycles. The first kappa shape index (κ1) is 13.6. The quantitative estimate of drug-likeness (QED) is 0.650. The van der Waals surface area contributed by atoms with Crippen LogP contribution in [0.4, 0.5) is 0 Å². The summed E-state index contributed by atoms with van der Waals surface area (Å²) in [6.07, 6.45) is 1.85. The smallest absolute Gasteiger partial charge is 0.151 e. The third kappa shape index (κ3) is 2.61. The van der Waals surface area contributed by atoms with E-state index in [4.69, 9.17) is 0 Å². The summed E-state index contributed by atoms with van der Waals surface area (Å²) in [4.78, 5) is 4.56. The molecule has 0 unspecified atom stereocenters. The predicted molar refractivity (Wildman–Crippen MR) is 88.3 cm³/mol. The highest BCUT2D eigenvalue weighted by molar-refractivity contribution is 9.10. The standard InChI is InChI=1S/C17H12BrN3/c1-21-16-5-3-2-4-15(16)20-17(21)13(11-19)10-12-6-8-14(18)9-7-12/h2-10H,1H3/b13-10+. The van der Waals surface area contributed by atoms with E-state index in [1.807, 2.05) is 66.2 Å². The average molecular weight is 338 g/mol. The Morgan fingerprint density at radius 2 is 1.90 bits per heavy atom. The van der Waals surface area contributed by atoms with Crippen LogP contribution in [0.25, 0.3) is 22.7 Å². The van der Waals surface area contributed by atoms with Crippen LogP contribution in [0.1, 0.15) is 11.4 Å². The van der Waals surface area contributed by atoms with Crippen LogP contribution in [0.3, 0.4) is 0 Å². The monoisotopic (exact) mass is 337 g/mol. The summed E-state index contributed by atoms with van der Waals surface area (Å²) in [6.45, 7) is 0. The van der Waals surface area contributed by atoms with Crippen LogP contribution in [0.15, 0.2) is 53.0 Å². The third-order valence-electron chi connectivity index (χ3n) is 3.33. The van der Waals surface area contributed by atoms with Gasteiger partial charge < -0.3 is 4.57 Å². The zero-order valence-corrected chi connectivity index (χ0v) is 13.0. The number of fused-ring (bicyclic) bond motifs is 1. The Hall–Kier alpha value is -2.38. The minimum absolute atomic E-state index is 0.552. The molecule has 1 heterocycles. The third-order valence-corrected chi connectivity index (χ3v) is 3.86. The van der Waals surface area contributed by atoms with E-state index < -0.39 is 0 Å². The van der Waals surface area contributed by atoms with Crippen molar-refractivity contribution >= 4 is 38.6 Å². The van der Waals surface area contributed by atoms with Gasteiger partial charge in [-0.3, -0.25) is 0 Å². The van der Waals surface area contributed by atoms with Crippen molar-refractivity contribution in [1.29, 1.82) is 5.26 Å². The second-order valence-electron chi connectivity index (χ2n) is 4.70. The first-order valence-corrected chi connectivity index (χ1v) is 7.27. The van der Waals surface area contributed by atoms with Crippen LogP contribution < -0.4 is 0 Å². The molecule has 0 spiro atoms. The lowest BCUT2D eigenvalue weighted by Gasteiger charge is -2.01. The molecule has 0 bridgehead atoms. The average Bonchev–Trinajstić information content (AvgIpc) is 2.84. The van der Waals surface area contributed by atoms with E-state index in [1.54, 1.807) is 0 Å². The first-order chi connectivity index (χ1) is 10.2. The van der Waals surface area contributed by atoms with Crippen molar-refractivity contribution in [3.63, 3.8) is 0 Å². The van der Waals surface area contributed by atoms with E-state index in [0.717, 1.165) is 21.1 Å². The number of aryl methyl sites for hydroxylation is 1. The summed E-state index contributed by atoms with van der Waals surface area (Å²) in [5, 5.41) is 9.46. The summed E-state index contributed by atoms with van der Waals surface area (Å²) >= 11 is 3.41. The van der Waals surface area contributed by atoms with Gasteiger partial charge in [-0.15, -0.1) is 0 Å². The topological polar surface area (TPSA) is 41.6 Å². The molecule has 0 N–H and O–H groups in total. The summed E-state index contributed by atoms with van der Waals surface area (Å²) in [5.41, 5.74) is 3.44. The van der Waals surface area contributed by atoms with E-state index in [1.165, 1.54) is 0 Å². The van der Waals surface area contributed by atoms with Gasteiger partial charge in [0, 0.05) is 11.5 Å². The maximum absolute atomic E-state index is 9.46. The van der Waals surface area contributed by atoms with E-state index in [0.29, 0.717) is 11.4 Å². The number of allylic oxidation sites excluding steroid dienone is 1. The molecule has 4 heteroatoms. The number of benzene rings is 2. The van der Waals surface area contributed by atoms with Gasteiger partial charge in [-0.25, -0.2) is 4.98 Å². The molecule has 0 atom stereocenters. The van der Waals surface area contributed by atoms with Crippen molar-refractivity contribution in [2.75, 3.05) is 0 Å². The molecule has 0 saturated heterocycles. The number of hydrogen-bond donors (Lipinski definition) is 0. The van der Waals surface area contributed by atoms with Crippen LogP contribution in [0, 0.1) is 11.3 Å². The summed E-state index contributed by atoms with van der Waals surface area (Å²) in [6, 6.07) is 18.0. The lowest BCUT2D eigenvalue weighted by Crippen LogP contribution is -1.95. The number of hydrogen-bond acceptors (Lipinski definition) is 2. The van der Waals surface area contributed by atoms with Crippen LogP contribution in [0.5, 0.6) is 0 Å². The van der Waals surface area contributed by atoms with Gasteiger partial charge in [0.05, 0.1) is 16.6 Å². The lowest BCUT2D eigenvalue weighted by molar-refractivity contribution is 0.925. The van der Waals surface area contributed by atoms with Crippen LogP contribution in [-0.4, -0.2) is 9.55 Å². The van der Waals surface area contributed by atoms with Crippen molar-refractivity contribution in [2.24, 2.45) is 7.05 Å². The zero-order chi connectivity index (χ0) is 14.8. The van der Waals surface area contributed by atoms with E-state index in [2.05, 4.69) is 27.0 Å². The fraction of sp³-hybridized carbons (Fsp3) is 0.0588. The highest BCUT2D eigenvalue weighted by atomic mass is 79.9. The van der Waals surface area contributed by atoms with E-state index >= 15 is 0 Å². The molecule has 0 aliphatic rings. The number of nitriles is 1. The van der Waals surface area contributed by atoms with Gasteiger partial charge in [0.2, 0.25) is 0 Å². The van der Waals surface area contributed by atoms with E-state index in [9.17, 15) is 5.26 Å². The minimum Gasteiger partial charge on any atom is -0.327 e. The molecule has 0 aliphatic carbocycles. The number of aromatic nitrogens is 2. The molecule has 0 aliphatic heterocycles. The van der Waals surface area contributed by atoms with Gasteiger partial charge in [0.15, 0.2) is 5.82 Å². The normalized spacial score (nSPS) is 11.6. The minimum atomic E-state index is 0.552. The molecule has 3 aromatic rings. The molecule has 0 saturated carbocycles. The molecular formula is C17H12BrN3. The predicted octanol–water partition coefficient (Wildman–Crippen LogP) is 4.40. The Labute approximate surface area is 131 Å². The molecule has 21 heavy (non-hydrogen) atoms. The number of rotatable bonds is 2. The maximum Gasteiger partial charge on any atom is 0.151 e. The Kier molecular flexibility index (Phi) is 3.59. The SMILES string of the molecule is Cn1c(/C(C#N)=C/c2ccc(Br)cc2)nc2ccccc21. The van der Waals surface area contributed by atoms with Crippen molar-refractivity contribution in [3.05, 3.63) is 64.4 Å². The number of imidazole rings is 1. The Morgan fingerprint density at radius 1 is 1.19 bits per heavy atom. The molecule has 0 fully saturated rings. The first-order valence-electron chi connectivity index (χ1n) is 6.48. The Balaban J connectivity index is 2.12. The van der Waals surface area contributed by atoms with Gasteiger partial charge >= 0.3 is 0 Å². The van der Waals surface area contributed by atoms with Gasteiger partial charge in [-0.1, -0.05) is 40.2 Å². The highest BCUT2D eigenvalue weighted by Gasteiger charge is 2.11. The second-order valence-corrected chi connectivity index (χ2v) is 5.62. The molecular weight excluding hydrogens is 326 g/mol. The molecule has 102 valence electrons. The van der Waals surface area contributed by atoms with Crippen LogP contribution in [-0.2, 0) is 7.05 Å². The van der Waals surface area contributed by atoms with Crippen molar-refractivity contribution < 1.29 is 0 Å². The Bertz CT molecular complexity index is 867. The molecule has 0 amide bonds. The molecule has 3 nitrogen and oxygen atoms in total. The van der Waals surface area contributed by atoms with Crippen molar-refractivity contribution in [3.8, 4) is 6.07 Å². The van der Waals surface area contributed by atoms with Crippen molar-refractivity contribution in [2.45, 2.75) is 0 Å². The number of halogens is 1. The molecule has 3 rings (SSSR count). The molecule has 0 radical (unpaired) electrons. The second kappa shape index (κ2) is 5.55. The number of para-hydroxylation sites is 2. The van der Waals surface area contributed by atoms with Crippen molar-refractivity contribution in [1.82, 2.24) is 9.55 Å². The van der Waals surface area contributed by atoms with E-state index in [-0.39, 0.29) is 0 Å². The maximum atomic E-state index is 9.46. The van der Waals surface area contributed by atoms with Gasteiger partial charge in [0.25, 0.3) is 0 Å². The zero-order valence-electron chi connectivity index (χ0n) is 11.4. The molecule has 1 aromatic heterocycles.